The largest absolute Gasteiger partial charge is 0.0642 e. The van der Waals surface area contributed by atoms with Crippen molar-refractivity contribution in [2.45, 2.75) is 39.0 Å². The quantitative estimate of drug-likeness (QED) is 0.188. The third-order valence-electron chi connectivity index (χ3n) is 11.0. The van der Waals surface area contributed by atoms with Crippen LogP contribution in [0, 0.1) is 6.92 Å². The molecular formula is C46H36. The predicted molar refractivity (Wildman–Crippen MR) is 196 cm³/mol. The first kappa shape index (κ1) is 27.1. The van der Waals surface area contributed by atoms with Crippen molar-refractivity contribution in [2.24, 2.45) is 0 Å². The fourth-order valence-corrected chi connectivity index (χ4v) is 8.56. The molecule has 0 saturated heterocycles. The topological polar surface area (TPSA) is 0 Å². The number of aryl methyl sites for hydroxylation is 1. The van der Waals surface area contributed by atoms with Gasteiger partial charge in [-0.05, 0) is 114 Å². The molecule has 0 nitrogen and oxygen atoms in total. The van der Waals surface area contributed by atoms with Crippen molar-refractivity contribution in [3.8, 4) is 66.8 Å². The van der Waals surface area contributed by atoms with E-state index < -0.39 is 0 Å². The molecule has 0 aliphatic heterocycles. The molecule has 0 aromatic heterocycles. The van der Waals surface area contributed by atoms with Gasteiger partial charge in [-0.3, -0.25) is 0 Å². The van der Waals surface area contributed by atoms with Gasteiger partial charge in [-0.1, -0.05) is 153 Å². The van der Waals surface area contributed by atoms with Gasteiger partial charge in [-0.2, -0.15) is 0 Å². The number of rotatable bonds is 5. The van der Waals surface area contributed by atoms with Gasteiger partial charge in [0.2, 0.25) is 0 Å². The first-order valence-electron chi connectivity index (χ1n) is 16.7. The lowest BCUT2D eigenvalue weighted by Crippen LogP contribution is -2.23. The molecule has 220 valence electrons. The molecule has 0 heterocycles. The van der Waals surface area contributed by atoms with E-state index in [0.29, 0.717) is 0 Å². The van der Waals surface area contributed by atoms with Gasteiger partial charge in [0, 0.05) is 5.41 Å². The van der Waals surface area contributed by atoms with Crippen LogP contribution in [0.4, 0.5) is 0 Å². The van der Waals surface area contributed by atoms with E-state index in [1.165, 1.54) is 94.2 Å². The van der Waals surface area contributed by atoms with E-state index in [-0.39, 0.29) is 5.41 Å². The summed E-state index contributed by atoms with van der Waals surface area (Å²) in [5, 5.41) is 2.70. The summed E-state index contributed by atoms with van der Waals surface area (Å²) in [6.07, 6.45) is 2.22. The van der Waals surface area contributed by atoms with Gasteiger partial charge in [0.05, 0.1) is 0 Å². The Balaban J connectivity index is 1.03. The molecule has 0 unspecified atom stereocenters. The van der Waals surface area contributed by atoms with Gasteiger partial charge in [-0.15, -0.1) is 0 Å². The average Bonchev–Trinajstić information content (AvgIpc) is 3.59. The Morgan fingerprint density at radius 2 is 0.870 bits per heavy atom. The third kappa shape index (κ3) is 3.80. The molecule has 7 aromatic rings. The lowest BCUT2D eigenvalue weighted by molar-refractivity contribution is 0.490. The lowest BCUT2D eigenvalue weighted by atomic mass is 9.73. The Hall–Kier alpha value is -5.20. The highest BCUT2D eigenvalue weighted by atomic mass is 14.4. The first-order chi connectivity index (χ1) is 22.6. The molecule has 7 aromatic carbocycles. The van der Waals surface area contributed by atoms with E-state index >= 15 is 0 Å². The Kier molecular flexibility index (Phi) is 5.99. The maximum absolute atomic E-state index is 2.47. The molecule has 0 radical (unpaired) electrons. The van der Waals surface area contributed by atoms with E-state index in [1.807, 2.05) is 0 Å². The molecule has 0 spiro atoms. The van der Waals surface area contributed by atoms with E-state index in [9.17, 15) is 0 Å². The van der Waals surface area contributed by atoms with Crippen molar-refractivity contribution in [3.05, 3.63) is 156 Å². The van der Waals surface area contributed by atoms with Gasteiger partial charge in [-0.25, -0.2) is 0 Å². The summed E-state index contributed by atoms with van der Waals surface area (Å²) in [7, 11) is 0. The van der Waals surface area contributed by atoms with Crippen LogP contribution in [0.15, 0.2) is 140 Å². The fraction of sp³-hybridized carbons (Fsp3) is 0.130. The normalized spacial score (nSPS) is 13.5. The summed E-state index contributed by atoms with van der Waals surface area (Å²) in [5.74, 6) is 0. The molecule has 0 amide bonds. The molecule has 2 aliphatic carbocycles. The minimum absolute atomic E-state index is 0.0866. The van der Waals surface area contributed by atoms with Crippen LogP contribution in [-0.2, 0) is 5.41 Å². The molecule has 0 N–H and O–H groups in total. The summed E-state index contributed by atoms with van der Waals surface area (Å²) >= 11 is 0. The molecule has 9 rings (SSSR count). The van der Waals surface area contributed by atoms with Crippen LogP contribution in [0.1, 0.15) is 43.4 Å². The van der Waals surface area contributed by atoms with Crippen molar-refractivity contribution < 1.29 is 0 Å². The van der Waals surface area contributed by atoms with Crippen LogP contribution in [-0.4, -0.2) is 0 Å². The second kappa shape index (κ2) is 10.2. The van der Waals surface area contributed by atoms with Crippen molar-refractivity contribution >= 4 is 10.8 Å². The summed E-state index contributed by atoms with van der Waals surface area (Å²) in [4.78, 5) is 0. The smallest absolute Gasteiger partial charge is 0.0210 e. The van der Waals surface area contributed by atoms with E-state index in [4.69, 9.17) is 0 Å². The summed E-state index contributed by atoms with van der Waals surface area (Å²) in [6, 6.07) is 52.5. The van der Waals surface area contributed by atoms with Gasteiger partial charge in [0.1, 0.15) is 0 Å². The van der Waals surface area contributed by atoms with Crippen LogP contribution in [0.3, 0.4) is 0 Å². The zero-order chi connectivity index (χ0) is 31.0. The van der Waals surface area contributed by atoms with Crippen LogP contribution >= 0.6 is 0 Å². The van der Waals surface area contributed by atoms with Crippen molar-refractivity contribution in [3.63, 3.8) is 0 Å². The Bertz CT molecular complexity index is 2280. The zero-order valence-corrected chi connectivity index (χ0v) is 26.7. The predicted octanol–water partition coefficient (Wildman–Crippen LogP) is 12.9. The summed E-state index contributed by atoms with van der Waals surface area (Å²) in [5.41, 5.74) is 20.2. The highest BCUT2D eigenvalue weighted by molar-refractivity contribution is 6.18. The number of fused-ring (bicyclic) bond motifs is 6. The monoisotopic (exact) mass is 588 g/mol. The number of hydrogen-bond donors (Lipinski definition) is 0. The minimum Gasteiger partial charge on any atom is -0.0642 e. The van der Waals surface area contributed by atoms with Crippen LogP contribution < -0.4 is 0 Å². The molecule has 0 atom stereocenters. The van der Waals surface area contributed by atoms with Gasteiger partial charge >= 0.3 is 0 Å². The SMILES string of the molecule is CCC1(CC)c2cc(C)ccc2-c2ccc(-c3ccc(-c4ccc(-c5ccc6c7c(cccc57)-c5ccccc5-6)cc4)cc3)cc21. The van der Waals surface area contributed by atoms with Crippen molar-refractivity contribution in [1.29, 1.82) is 0 Å². The second-order valence-electron chi connectivity index (χ2n) is 13.2. The highest BCUT2D eigenvalue weighted by Gasteiger charge is 2.40. The standard InChI is InChI=1S/C46H36/c1-4-46(5-2)43-27-29(3)13-23-38(43)39-24-22-34(28-44(39)46)32-16-14-30(15-17-32)31-18-20-33(21-19-31)35-25-26-42-37-10-7-6-9-36(37)41-12-8-11-40(35)45(41)42/h6-28H,4-5H2,1-3H3. The number of hydrogen-bond acceptors (Lipinski definition) is 0. The molecule has 2 aliphatic rings. The number of benzene rings is 7. The molecule has 46 heavy (non-hydrogen) atoms. The Labute approximate surface area is 272 Å². The van der Waals surface area contributed by atoms with E-state index in [2.05, 4.69) is 160 Å². The van der Waals surface area contributed by atoms with Gasteiger partial charge < -0.3 is 0 Å². The lowest BCUT2D eigenvalue weighted by Gasteiger charge is -2.30. The average molecular weight is 589 g/mol. The summed E-state index contributed by atoms with van der Waals surface area (Å²) in [6.45, 7) is 6.91. The Morgan fingerprint density at radius 3 is 1.52 bits per heavy atom. The minimum atomic E-state index is 0.0866. The first-order valence-corrected chi connectivity index (χ1v) is 16.7. The van der Waals surface area contributed by atoms with Gasteiger partial charge in [0.15, 0.2) is 0 Å². The second-order valence-corrected chi connectivity index (χ2v) is 13.2. The van der Waals surface area contributed by atoms with Crippen LogP contribution in [0.5, 0.6) is 0 Å². The maximum atomic E-state index is 2.47. The van der Waals surface area contributed by atoms with Crippen LogP contribution in [0.25, 0.3) is 77.5 Å². The van der Waals surface area contributed by atoms with Crippen molar-refractivity contribution in [2.75, 3.05) is 0 Å². The summed E-state index contributed by atoms with van der Waals surface area (Å²) < 4.78 is 0. The molecule has 0 heteroatoms. The van der Waals surface area contributed by atoms with E-state index in [0.717, 1.165) is 12.8 Å². The zero-order valence-electron chi connectivity index (χ0n) is 26.7. The Morgan fingerprint density at radius 1 is 0.391 bits per heavy atom. The van der Waals surface area contributed by atoms with E-state index in [1.54, 1.807) is 0 Å². The van der Waals surface area contributed by atoms with Crippen molar-refractivity contribution in [1.82, 2.24) is 0 Å². The molecular weight excluding hydrogens is 553 g/mol. The fourth-order valence-electron chi connectivity index (χ4n) is 8.56. The van der Waals surface area contributed by atoms with Gasteiger partial charge in [0.25, 0.3) is 0 Å². The molecule has 0 bridgehead atoms. The molecule has 0 fully saturated rings. The molecule has 0 saturated carbocycles. The highest BCUT2D eigenvalue weighted by Crippen LogP contribution is 2.54. The third-order valence-corrected chi connectivity index (χ3v) is 11.0. The maximum Gasteiger partial charge on any atom is 0.0210 e. The van der Waals surface area contributed by atoms with Crippen LogP contribution in [0.2, 0.25) is 0 Å².